The molecule has 4 rings (SSSR count). The van der Waals surface area contributed by atoms with Gasteiger partial charge in [-0.05, 0) is 36.5 Å². The average molecular weight is 306 g/mol. The molecule has 2 aromatic carbocycles. The Kier molecular flexibility index (Phi) is 3.01. The molecule has 0 unspecified atom stereocenters. The number of rotatable bonds is 2. The van der Waals surface area contributed by atoms with E-state index in [1.165, 1.54) is 4.90 Å². The predicted octanol–water partition coefficient (Wildman–Crippen LogP) is 2.89. The molecular formula is C19H18N2O2. The van der Waals surface area contributed by atoms with E-state index in [-0.39, 0.29) is 11.9 Å². The molecule has 2 aromatic rings. The number of fused-ring (bicyclic) bond motifs is 2. The van der Waals surface area contributed by atoms with Gasteiger partial charge < -0.3 is 5.32 Å². The molecule has 1 aliphatic carbocycles. The Morgan fingerprint density at radius 3 is 2.78 bits per heavy atom. The second-order valence-electron chi connectivity index (χ2n) is 6.37. The van der Waals surface area contributed by atoms with E-state index < -0.39 is 5.54 Å². The minimum absolute atomic E-state index is 0.131. The molecule has 4 nitrogen and oxygen atoms in total. The van der Waals surface area contributed by atoms with E-state index in [9.17, 15) is 9.59 Å². The lowest BCUT2D eigenvalue weighted by Gasteiger charge is -2.22. The zero-order valence-electron chi connectivity index (χ0n) is 13.0. The van der Waals surface area contributed by atoms with Crippen molar-refractivity contribution < 1.29 is 9.59 Å². The van der Waals surface area contributed by atoms with Gasteiger partial charge >= 0.3 is 6.03 Å². The molecule has 1 N–H and O–H groups in total. The van der Waals surface area contributed by atoms with Crippen LogP contribution in [0.4, 0.5) is 4.79 Å². The molecule has 0 aromatic heterocycles. The Labute approximate surface area is 135 Å². The second kappa shape index (κ2) is 4.95. The largest absolute Gasteiger partial charge is 0.325 e. The molecule has 0 saturated carbocycles. The zero-order valence-corrected chi connectivity index (χ0v) is 13.0. The van der Waals surface area contributed by atoms with Crippen LogP contribution in [0.5, 0.6) is 0 Å². The third kappa shape index (κ3) is 2.05. The summed E-state index contributed by atoms with van der Waals surface area (Å²) in [4.78, 5) is 26.8. The van der Waals surface area contributed by atoms with Crippen molar-refractivity contribution in [1.82, 2.24) is 10.2 Å². The van der Waals surface area contributed by atoms with Gasteiger partial charge in [-0.1, -0.05) is 54.1 Å². The first-order valence-electron chi connectivity index (χ1n) is 7.88. The summed E-state index contributed by atoms with van der Waals surface area (Å²) in [5.41, 5.74) is 3.33. The van der Waals surface area contributed by atoms with Crippen molar-refractivity contribution in [2.24, 2.45) is 0 Å². The Hall–Kier alpha value is -2.62. The summed E-state index contributed by atoms with van der Waals surface area (Å²) in [7, 11) is 0. The number of imide groups is 1. The van der Waals surface area contributed by atoms with Crippen molar-refractivity contribution in [3.8, 4) is 0 Å². The van der Waals surface area contributed by atoms with Gasteiger partial charge in [-0.15, -0.1) is 0 Å². The topological polar surface area (TPSA) is 49.4 Å². The van der Waals surface area contributed by atoms with E-state index in [0.29, 0.717) is 13.0 Å². The maximum atomic E-state index is 13.0. The summed E-state index contributed by atoms with van der Waals surface area (Å²) in [5.74, 6) is -0.131. The summed E-state index contributed by atoms with van der Waals surface area (Å²) in [6, 6.07) is 15.5. The molecule has 1 atom stereocenters. The molecule has 1 fully saturated rings. The highest BCUT2D eigenvalue weighted by Gasteiger charge is 2.55. The van der Waals surface area contributed by atoms with E-state index in [1.807, 2.05) is 55.5 Å². The minimum Gasteiger partial charge on any atom is -0.319 e. The third-order valence-electron chi connectivity index (χ3n) is 4.85. The summed E-state index contributed by atoms with van der Waals surface area (Å²) in [6.07, 6.45) is 1.46. The van der Waals surface area contributed by atoms with Gasteiger partial charge in [0.05, 0.1) is 6.54 Å². The molecule has 116 valence electrons. The quantitative estimate of drug-likeness (QED) is 0.867. The normalized spacial score (nSPS) is 22.6. The van der Waals surface area contributed by atoms with Crippen LogP contribution in [0.15, 0.2) is 48.5 Å². The number of aryl methyl sites for hydroxylation is 2. The van der Waals surface area contributed by atoms with Crippen molar-refractivity contribution in [3.05, 3.63) is 70.8 Å². The molecule has 1 aliphatic heterocycles. The first-order chi connectivity index (χ1) is 11.1. The number of carbonyl (C=O) groups is 2. The summed E-state index contributed by atoms with van der Waals surface area (Å²) in [6.45, 7) is 2.32. The number of benzene rings is 2. The molecular weight excluding hydrogens is 288 g/mol. The van der Waals surface area contributed by atoms with Crippen LogP contribution in [0.1, 0.15) is 28.7 Å². The Morgan fingerprint density at radius 2 is 1.96 bits per heavy atom. The van der Waals surface area contributed by atoms with Crippen molar-refractivity contribution in [1.29, 1.82) is 0 Å². The van der Waals surface area contributed by atoms with Crippen molar-refractivity contribution in [2.75, 3.05) is 0 Å². The molecule has 23 heavy (non-hydrogen) atoms. The van der Waals surface area contributed by atoms with Crippen LogP contribution in [0.25, 0.3) is 0 Å². The maximum Gasteiger partial charge on any atom is 0.325 e. The fourth-order valence-electron chi connectivity index (χ4n) is 3.73. The molecule has 1 heterocycles. The maximum absolute atomic E-state index is 13.0. The zero-order chi connectivity index (χ0) is 16.0. The molecule has 1 spiro atoms. The number of carbonyl (C=O) groups excluding carboxylic acids is 2. The van der Waals surface area contributed by atoms with Crippen molar-refractivity contribution in [3.63, 3.8) is 0 Å². The standard InChI is InChI=1S/C19H18N2O2/c1-13-5-4-6-14(11-13)12-21-17(22)19(20-18(21)23)10-9-15-7-2-3-8-16(15)19/h2-8,11H,9-10,12H2,1H3,(H,20,23)/t19-/m1/s1. The van der Waals surface area contributed by atoms with E-state index in [0.717, 1.165) is 28.7 Å². The summed E-state index contributed by atoms with van der Waals surface area (Å²) in [5, 5.41) is 2.96. The lowest BCUT2D eigenvalue weighted by atomic mass is 9.92. The molecule has 2 aliphatic rings. The van der Waals surface area contributed by atoms with Gasteiger partial charge in [0.1, 0.15) is 5.54 Å². The van der Waals surface area contributed by atoms with E-state index >= 15 is 0 Å². The van der Waals surface area contributed by atoms with Gasteiger partial charge in [0, 0.05) is 0 Å². The number of hydrogen-bond donors (Lipinski definition) is 1. The lowest BCUT2D eigenvalue weighted by molar-refractivity contribution is -0.132. The lowest BCUT2D eigenvalue weighted by Crippen LogP contribution is -2.41. The summed E-state index contributed by atoms with van der Waals surface area (Å²) >= 11 is 0. The highest BCUT2D eigenvalue weighted by molar-refractivity contribution is 6.08. The number of urea groups is 1. The number of hydrogen-bond acceptors (Lipinski definition) is 2. The smallest absolute Gasteiger partial charge is 0.319 e. The molecule has 3 amide bonds. The Bertz CT molecular complexity index is 815. The van der Waals surface area contributed by atoms with Crippen molar-refractivity contribution >= 4 is 11.9 Å². The van der Waals surface area contributed by atoms with Gasteiger partial charge in [0.25, 0.3) is 5.91 Å². The number of nitrogens with one attached hydrogen (secondary N) is 1. The highest BCUT2D eigenvalue weighted by atomic mass is 16.2. The van der Waals surface area contributed by atoms with Crippen LogP contribution >= 0.6 is 0 Å². The molecule has 0 radical (unpaired) electrons. The van der Waals surface area contributed by atoms with Gasteiger partial charge in [0.2, 0.25) is 0 Å². The Balaban J connectivity index is 1.68. The van der Waals surface area contributed by atoms with Crippen LogP contribution in [-0.2, 0) is 23.3 Å². The van der Waals surface area contributed by atoms with E-state index in [1.54, 1.807) is 0 Å². The monoisotopic (exact) mass is 306 g/mol. The number of amides is 3. The fraction of sp³-hybridized carbons (Fsp3) is 0.263. The Morgan fingerprint density at radius 1 is 1.13 bits per heavy atom. The van der Waals surface area contributed by atoms with E-state index in [4.69, 9.17) is 0 Å². The van der Waals surface area contributed by atoms with Crippen molar-refractivity contribution in [2.45, 2.75) is 31.8 Å². The van der Waals surface area contributed by atoms with Crippen LogP contribution in [-0.4, -0.2) is 16.8 Å². The third-order valence-corrected chi connectivity index (χ3v) is 4.85. The second-order valence-corrected chi connectivity index (χ2v) is 6.37. The minimum atomic E-state index is -0.864. The fourth-order valence-corrected chi connectivity index (χ4v) is 3.73. The van der Waals surface area contributed by atoms with E-state index in [2.05, 4.69) is 5.32 Å². The van der Waals surface area contributed by atoms with Gasteiger partial charge in [-0.3, -0.25) is 9.69 Å². The van der Waals surface area contributed by atoms with Gasteiger partial charge in [-0.25, -0.2) is 4.79 Å². The van der Waals surface area contributed by atoms with Gasteiger partial charge in [-0.2, -0.15) is 0 Å². The molecule has 1 saturated heterocycles. The summed E-state index contributed by atoms with van der Waals surface area (Å²) < 4.78 is 0. The number of nitrogens with zero attached hydrogens (tertiary/aromatic N) is 1. The van der Waals surface area contributed by atoms with Crippen LogP contribution < -0.4 is 5.32 Å². The average Bonchev–Trinajstić information content (AvgIpc) is 3.02. The van der Waals surface area contributed by atoms with Crippen LogP contribution in [0.3, 0.4) is 0 Å². The SMILES string of the molecule is Cc1cccc(CN2C(=O)N[C@@]3(CCc4ccccc43)C2=O)c1. The highest BCUT2D eigenvalue weighted by Crippen LogP contribution is 2.41. The molecule has 0 bridgehead atoms. The van der Waals surface area contributed by atoms with Crippen LogP contribution in [0.2, 0.25) is 0 Å². The first kappa shape index (κ1) is 14.0. The van der Waals surface area contributed by atoms with Crippen LogP contribution in [0, 0.1) is 6.92 Å². The van der Waals surface area contributed by atoms with Gasteiger partial charge in [0.15, 0.2) is 0 Å². The predicted molar refractivity (Wildman–Crippen MR) is 86.7 cm³/mol. The first-order valence-corrected chi connectivity index (χ1v) is 7.88. The molecule has 4 heteroatoms.